The molecule has 0 bridgehead atoms. The lowest BCUT2D eigenvalue weighted by atomic mass is 10.5. The molecule has 1 rings (SSSR count). The van der Waals surface area contributed by atoms with Gasteiger partial charge < -0.3 is 5.11 Å². The number of hydrogen-bond donors (Lipinski definition) is 2. The summed E-state index contributed by atoms with van der Waals surface area (Å²) in [6.07, 6.45) is -1.16. The van der Waals surface area contributed by atoms with Crippen LogP contribution in [0.5, 0.6) is 0 Å². The van der Waals surface area contributed by atoms with Crippen LogP contribution in [0.4, 0.5) is 9.93 Å². The minimum absolute atomic E-state index is 0.133. The van der Waals surface area contributed by atoms with Crippen LogP contribution < -0.4 is 5.32 Å². The van der Waals surface area contributed by atoms with Crippen molar-refractivity contribution in [1.29, 1.82) is 0 Å². The Balaban J connectivity index is 2.63. The van der Waals surface area contributed by atoms with Crippen molar-refractivity contribution >= 4 is 22.6 Å². The second-order valence-corrected chi connectivity index (χ2v) is 2.82. The summed E-state index contributed by atoms with van der Waals surface area (Å²) >= 11 is 1.14. The van der Waals surface area contributed by atoms with Gasteiger partial charge in [0.05, 0.1) is 12.2 Å². The normalized spacial score (nSPS) is 8.92. The summed E-state index contributed by atoms with van der Waals surface area (Å²) in [6, 6.07) is 0. The summed E-state index contributed by atoms with van der Waals surface area (Å²) in [5.74, 6) is 0. The number of rotatable bonds is 3. The smallest absolute Gasteiger partial charge is 0.410 e. The van der Waals surface area contributed by atoms with E-state index in [1.807, 2.05) is 0 Å². The van der Waals surface area contributed by atoms with Crippen molar-refractivity contribution in [2.45, 2.75) is 6.54 Å². The predicted molar refractivity (Wildman–Crippen MR) is 46.6 cm³/mol. The Morgan fingerprint density at radius 3 is 3.31 bits per heavy atom. The molecule has 0 saturated carbocycles. The van der Waals surface area contributed by atoms with E-state index >= 15 is 0 Å². The van der Waals surface area contributed by atoms with Crippen LogP contribution in [0.15, 0.2) is 10.5 Å². The van der Waals surface area contributed by atoms with Crippen LogP contribution in [0.1, 0.15) is 5.69 Å². The highest BCUT2D eigenvalue weighted by atomic mass is 32.1. The molecular weight excluding hydrogens is 194 g/mol. The Morgan fingerprint density at radius 1 is 1.92 bits per heavy atom. The quantitative estimate of drug-likeness (QED) is 0.441. The van der Waals surface area contributed by atoms with E-state index in [1.54, 1.807) is 5.38 Å². The first-order valence-electron chi connectivity index (χ1n) is 3.17. The Hall–Kier alpha value is -1.79. The fourth-order valence-corrected chi connectivity index (χ4v) is 1.32. The third-order valence-corrected chi connectivity index (χ3v) is 1.87. The van der Waals surface area contributed by atoms with Gasteiger partial charge in [0.1, 0.15) is 0 Å². The molecule has 0 spiro atoms. The SMILES string of the molecule is [N-]=[N+]=NCc1csc(NC(=O)O)n1. The first kappa shape index (κ1) is 9.30. The van der Waals surface area contributed by atoms with E-state index in [1.165, 1.54) is 0 Å². The molecule has 7 nitrogen and oxygen atoms in total. The van der Waals surface area contributed by atoms with Crippen molar-refractivity contribution in [2.75, 3.05) is 5.32 Å². The van der Waals surface area contributed by atoms with Gasteiger partial charge in [0.15, 0.2) is 5.13 Å². The lowest BCUT2D eigenvalue weighted by Crippen LogP contribution is -2.06. The summed E-state index contributed by atoms with van der Waals surface area (Å²) in [7, 11) is 0. The molecule has 0 fully saturated rings. The molecule has 0 unspecified atom stereocenters. The summed E-state index contributed by atoms with van der Waals surface area (Å²) in [5, 5.41) is 15.6. The summed E-state index contributed by atoms with van der Waals surface area (Å²) in [6.45, 7) is 0.133. The van der Waals surface area contributed by atoms with Gasteiger partial charge in [-0.1, -0.05) is 5.11 Å². The highest BCUT2D eigenvalue weighted by molar-refractivity contribution is 7.13. The van der Waals surface area contributed by atoms with Gasteiger partial charge >= 0.3 is 6.09 Å². The molecule has 8 heteroatoms. The molecule has 0 aliphatic carbocycles. The highest BCUT2D eigenvalue weighted by Crippen LogP contribution is 2.15. The molecule has 0 aromatic carbocycles. The molecular formula is C5H5N5O2S. The number of nitrogens with one attached hydrogen (secondary N) is 1. The molecule has 1 aromatic heterocycles. The van der Waals surface area contributed by atoms with Crippen LogP contribution in [0.3, 0.4) is 0 Å². The third-order valence-electron chi connectivity index (χ3n) is 1.06. The maximum absolute atomic E-state index is 10.2. The van der Waals surface area contributed by atoms with Crippen LogP contribution in [-0.4, -0.2) is 16.2 Å². The van der Waals surface area contributed by atoms with E-state index in [-0.39, 0.29) is 11.7 Å². The van der Waals surface area contributed by atoms with Gasteiger partial charge in [-0.05, 0) is 5.53 Å². The molecule has 1 heterocycles. The van der Waals surface area contributed by atoms with Gasteiger partial charge in [-0.2, -0.15) is 0 Å². The molecule has 0 aliphatic rings. The van der Waals surface area contributed by atoms with E-state index in [2.05, 4.69) is 20.3 Å². The fraction of sp³-hybridized carbons (Fsp3) is 0.200. The first-order chi connectivity index (χ1) is 6.22. The number of thiazole rings is 1. The zero-order chi connectivity index (χ0) is 9.68. The number of aromatic nitrogens is 1. The van der Waals surface area contributed by atoms with E-state index < -0.39 is 6.09 Å². The van der Waals surface area contributed by atoms with Crippen molar-refractivity contribution in [1.82, 2.24) is 4.98 Å². The Labute approximate surface area is 76.7 Å². The molecule has 0 saturated heterocycles. The van der Waals surface area contributed by atoms with Crippen LogP contribution in [-0.2, 0) is 6.54 Å². The monoisotopic (exact) mass is 199 g/mol. The van der Waals surface area contributed by atoms with E-state index in [0.717, 1.165) is 11.3 Å². The van der Waals surface area contributed by atoms with E-state index in [4.69, 9.17) is 10.6 Å². The average molecular weight is 199 g/mol. The second-order valence-electron chi connectivity index (χ2n) is 1.96. The Morgan fingerprint density at radius 2 is 2.69 bits per heavy atom. The van der Waals surface area contributed by atoms with Gasteiger partial charge in [0, 0.05) is 10.3 Å². The number of nitrogens with zero attached hydrogens (tertiary/aromatic N) is 4. The predicted octanol–water partition coefficient (Wildman–Crippen LogP) is 2.04. The zero-order valence-electron chi connectivity index (χ0n) is 6.34. The highest BCUT2D eigenvalue weighted by Gasteiger charge is 2.02. The van der Waals surface area contributed by atoms with Crippen molar-refractivity contribution in [3.05, 3.63) is 21.5 Å². The number of anilines is 1. The van der Waals surface area contributed by atoms with Crippen LogP contribution in [0.2, 0.25) is 0 Å². The van der Waals surface area contributed by atoms with Crippen LogP contribution in [0.25, 0.3) is 10.4 Å². The zero-order valence-corrected chi connectivity index (χ0v) is 7.15. The molecule has 1 aromatic rings. The minimum atomic E-state index is -1.16. The molecule has 0 atom stereocenters. The van der Waals surface area contributed by atoms with E-state index in [9.17, 15) is 4.79 Å². The van der Waals surface area contributed by atoms with E-state index in [0.29, 0.717) is 5.69 Å². The number of carbonyl (C=O) groups is 1. The van der Waals surface area contributed by atoms with Gasteiger partial charge in [0.2, 0.25) is 0 Å². The van der Waals surface area contributed by atoms with Gasteiger partial charge in [-0.25, -0.2) is 9.78 Å². The van der Waals surface area contributed by atoms with Gasteiger partial charge in [0.25, 0.3) is 0 Å². The molecule has 0 radical (unpaired) electrons. The molecule has 68 valence electrons. The minimum Gasteiger partial charge on any atom is -0.465 e. The average Bonchev–Trinajstić information content (AvgIpc) is 2.48. The number of amides is 1. The second kappa shape index (κ2) is 4.29. The van der Waals surface area contributed by atoms with Crippen molar-refractivity contribution in [3.63, 3.8) is 0 Å². The summed E-state index contributed by atoms with van der Waals surface area (Å²) in [4.78, 5) is 16.6. The standard InChI is InChI=1S/C5H5N5O2S/c6-10-7-1-3-2-13-4(8-3)9-5(11)12/h2H,1H2,(H,8,9)(H,11,12). The topological polar surface area (TPSA) is 111 Å². The first-order valence-corrected chi connectivity index (χ1v) is 4.05. The Kier molecular flexibility index (Phi) is 3.07. The fourth-order valence-electron chi connectivity index (χ4n) is 0.633. The Bertz CT molecular complexity index is 337. The number of azide groups is 1. The molecule has 2 N–H and O–H groups in total. The summed E-state index contributed by atoms with van der Waals surface area (Å²) < 4.78 is 0. The van der Waals surface area contributed by atoms with Crippen LogP contribution >= 0.6 is 11.3 Å². The van der Waals surface area contributed by atoms with Gasteiger partial charge in [-0.3, -0.25) is 5.32 Å². The number of hydrogen-bond acceptors (Lipinski definition) is 4. The number of carboxylic acid groups (broad SMARTS) is 1. The van der Waals surface area contributed by atoms with Crippen molar-refractivity contribution in [2.24, 2.45) is 5.11 Å². The van der Waals surface area contributed by atoms with Crippen molar-refractivity contribution < 1.29 is 9.90 Å². The van der Waals surface area contributed by atoms with Crippen LogP contribution in [0, 0.1) is 0 Å². The maximum atomic E-state index is 10.2. The molecule has 13 heavy (non-hydrogen) atoms. The molecule has 1 amide bonds. The lowest BCUT2D eigenvalue weighted by molar-refractivity contribution is 0.209. The maximum Gasteiger partial charge on any atom is 0.410 e. The van der Waals surface area contributed by atoms with Gasteiger partial charge in [-0.15, -0.1) is 11.3 Å². The molecule has 0 aliphatic heterocycles. The van der Waals surface area contributed by atoms with Crippen molar-refractivity contribution in [3.8, 4) is 0 Å². The summed E-state index contributed by atoms with van der Waals surface area (Å²) in [5.41, 5.74) is 8.55. The third kappa shape index (κ3) is 2.97. The largest absolute Gasteiger partial charge is 0.465 e. The lowest BCUT2D eigenvalue weighted by Gasteiger charge is -1.90.